The fraction of sp³-hybridized carbons (Fsp3) is 0.375. The molecule has 8 nitrogen and oxygen atoms in total. The van der Waals surface area contributed by atoms with Gasteiger partial charge in [-0.25, -0.2) is 9.78 Å². The number of benzene rings is 1. The van der Waals surface area contributed by atoms with Gasteiger partial charge in [-0.15, -0.1) is 10.2 Å². The second-order valence-corrected chi connectivity index (χ2v) is 7.07. The van der Waals surface area contributed by atoms with Crippen LogP contribution in [0.1, 0.15) is 29.7 Å². The summed E-state index contributed by atoms with van der Waals surface area (Å²) in [5.74, 6) is 1.02. The first-order valence-electron chi connectivity index (χ1n) is 8.15. The van der Waals surface area contributed by atoms with Crippen molar-refractivity contribution in [2.24, 2.45) is 0 Å². The number of carbonyl (C=O) groups excluding carboxylic acids is 1. The maximum Gasteiger partial charge on any atom is 0.317 e. The van der Waals surface area contributed by atoms with E-state index < -0.39 is 0 Å². The second-order valence-electron chi connectivity index (χ2n) is 5.97. The number of oxazole rings is 1. The van der Waals surface area contributed by atoms with Crippen molar-refractivity contribution >= 4 is 33.6 Å². The molecular formula is C16H18N6O2S. The van der Waals surface area contributed by atoms with E-state index in [2.05, 4.69) is 20.5 Å². The third-order valence-corrected chi connectivity index (χ3v) is 5.07. The van der Waals surface area contributed by atoms with Gasteiger partial charge in [0.05, 0.1) is 6.54 Å². The molecule has 0 saturated carbocycles. The summed E-state index contributed by atoms with van der Waals surface area (Å²) in [6.07, 6.45) is 1.68. The van der Waals surface area contributed by atoms with Gasteiger partial charge >= 0.3 is 6.03 Å². The minimum Gasteiger partial charge on any atom is -0.440 e. The van der Waals surface area contributed by atoms with Crippen LogP contribution >= 0.6 is 11.3 Å². The van der Waals surface area contributed by atoms with Crippen molar-refractivity contribution in [1.82, 2.24) is 25.4 Å². The molecule has 3 heterocycles. The molecule has 2 aromatic heterocycles. The molecule has 0 spiro atoms. The number of anilines is 1. The van der Waals surface area contributed by atoms with E-state index in [0.717, 1.165) is 29.8 Å². The van der Waals surface area contributed by atoms with Crippen LogP contribution in [0.15, 0.2) is 28.7 Å². The van der Waals surface area contributed by atoms with Crippen molar-refractivity contribution in [3.05, 3.63) is 35.2 Å². The van der Waals surface area contributed by atoms with Gasteiger partial charge in [-0.3, -0.25) is 0 Å². The molecule has 1 aliphatic heterocycles. The van der Waals surface area contributed by atoms with E-state index in [1.807, 2.05) is 29.2 Å². The monoisotopic (exact) mass is 358 g/mol. The molecule has 1 aliphatic rings. The van der Waals surface area contributed by atoms with Crippen LogP contribution in [-0.4, -0.2) is 39.2 Å². The minimum atomic E-state index is -0.0928. The van der Waals surface area contributed by atoms with E-state index in [-0.39, 0.29) is 11.9 Å². The lowest BCUT2D eigenvalue weighted by Gasteiger charge is -2.30. The average molecular weight is 358 g/mol. The Morgan fingerprint density at radius 3 is 2.84 bits per heavy atom. The smallest absolute Gasteiger partial charge is 0.317 e. The van der Waals surface area contributed by atoms with E-state index in [0.29, 0.717) is 29.8 Å². The number of nitrogen functional groups attached to an aromatic ring is 1. The highest BCUT2D eigenvalue weighted by molar-refractivity contribution is 7.15. The van der Waals surface area contributed by atoms with Gasteiger partial charge in [-0.05, 0) is 25.0 Å². The van der Waals surface area contributed by atoms with E-state index in [1.54, 1.807) is 0 Å². The SMILES string of the molecule is Nc1nnc(CNC(=O)N2CCC(c3nc4ccccc4o3)CC2)s1. The van der Waals surface area contributed by atoms with Gasteiger partial charge in [0.1, 0.15) is 10.5 Å². The van der Waals surface area contributed by atoms with Crippen molar-refractivity contribution in [1.29, 1.82) is 0 Å². The standard InChI is InChI=1S/C16H18N6O2S/c17-15-21-20-13(25-15)9-18-16(23)22-7-5-10(6-8-22)14-19-11-3-1-2-4-12(11)24-14/h1-4,10H,5-9H2,(H2,17,21)(H,18,23). The Kier molecular flexibility index (Phi) is 4.22. The third-order valence-electron chi connectivity index (χ3n) is 4.32. The fourth-order valence-corrected chi connectivity index (χ4v) is 3.54. The molecule has 1 fully saturated rings. The Bertz CT molecular complexity index is 851. The van der Waals surface area contributed by atoms with Gasteiger partial charge in [0.15, 0.2) is 11.5 Å². The number of nitrogens with two attached hydrogens (primary N) is 1. The number of carbonyl (C=O) groups is 1. The summed E-state index contributed by atoms with van der Waals surface area (Å²) in [6, 6.07) is 7.67. The molecule has 0 unspecified atom stereocenters. The second kappa shape index (κ2) is 6.67. The highest BCUT2D eigenvalue weighted by Gasteiger charge is 2.27. The van der Waals surface area contributed by atoms with Crippen molar-refractivity contribution < 1.29 is 9.21 Å². The molecule has 2 amide bonds. The van der Waals surface area contributed by atoms with Crippen molar-refractivity contribution in [2.45, 2.75) is 25.3 Å². The van der Waals surface area contributed by atoms with Gasteiger partial charge < -0.3 is 20.4 Å². The maximum absolute atomic E-state index is 12.3. The van der Waals surface area contributed by atoms with Crippen LogP contribution in [0.25, 0.3) is 11.1 Å². The molecule has 0 atom stereocenters. The van der Waals surface area contributed by atoms with E-state index in [4.69, 9.17) is 10.2 Å². The predicted molar refractivity (Wildman–Crippen MR) is 94.1 cm³/mol. The molecule has 1 saturated heterocycles. The number of urea groups is 1. The molecule has 0 bridgehead atoms. The zero-order valence-electron chi connectivity index (χ0n) is 13.5. The fourth-order valence-electron chi connectivity index (χ4n) is 3.00. The molecule has 3 N–H and O–H groups in total. The number of likely N-dealkylation sites (tertiary alicyclic amines) is 1. The summed E-state index contributed by atoms with van der Waals surface area (Å²) >= 11 is 1.28. The average Bonchev–Trinajstić information content (AvgIpc) is 3.25. The first-order valence-corrected chi connectivity index (χ1v) is 8.97. The summed E-state index contributed by atoms with van der Waals surface area (Å²) in [7, 11) is 0. The van der Waals surface area contributed by atoms with Crippen LogP contribution in [0.2, 0.25) is 0 Å². The van der Waals surface area contributed by atoms with Crippen LogP contribution in [-0.2, 0) is 6.54 Å². The first kappa shape index (κ1) is 15.8. The molecular weight excluding hydrogens is 340 g/mol. The zero-order valence-corrected chi connectivity index (χ0v) is 14.3. The van der Waals surface area contributed by atoms with Gasteiger partial charge in [0.2, 0.25) is 5.13 Å². The number of hydrogen-bond donors (Lipinski definition) is 2. The highest BCUT2D eigenvalue weighted by atomic mass is 32.1. The lowest BCUT2D eigenvalue weighted by Crippen LogP contribution is -2.43. The van der Waals surface area contributed by atoms with Crippen molar-refractivity contribution in [3.8, 4) is 0 Å². The van der Waals surface area contributed by atoms with E-state index in [9.17, 15) is 4.79 Å². The summed E-state index contributed by atoms with van der Waals surface area (Å²) in [5.41, 5.74) is 7.23. The Balaban J connectivity index is 1.32. The number of nitrogens with one attached hydrogen (secondary N) is 1. The maximum atomic E-state index is 12.3. The summed E-state index contributed by atoms with van der Waals surface area (Å²) in [5, 5.41) is 11.6. The normalized spacial score (nSPS) is 15.6. The zero-order chi connectivity index (χ0) is 17.2. The van der Waals surface area contributed by atoms with Gasteiger partial charge in [-0.1, -0.05) is 23.5 Å². The molecule has 1 aromatic carbocycles. The predicted octanol–water partition coefficient (Wildman–Crippen LogP) is 2.35. The minimum absolute atomic E-state index is 0.0928. The van der Waals surface area contributed by atoms with E-state index >= 15 is 0 Å². The largest absolute Gasteiger partial charge is 0.440 e. The number of rotatable bonds is 3. The number of hydrogen-bond acceptors (Lipinski definition) is 7. The number of aromatic nitrogens is 3. The van der Waals surface area contributed by atoms with Crippen LogP contribution in [0.3, 0.4) is 0 Å². The Morgan fingerprint density at radius 1 is 1.32 bits per heavy atom. The third kappa shape index (κ3) is 3.41. The quantitative estimate of drug-likeness (QED) is 0.743. The Hall–Kier alpha value is -2.68. The molecule has 4 rings (SSSR count). The van der Waals surface area contributed by atoms with Crippen LogP contribution in [0.5, 0.6) is 0 Å². The number of fused-ring (bicyclic) bond motifs is 1. The van der Waals surface area contributed by atoms with Gasteiger partial charge in [0, 0.05) is 19.0 Å². The molecule has 0 aliphatic carbocycles. The molecule has 25 heavy (non-hydrogen) atoms. The number of nitrogens with zero attached hydrogens (tertiary/aromatic N) is 4. The Labute approximate surface area is 148 Å². The molecule has 0 radical (unpaired) electrons. The summed E-state index contributed by atoms with van der Waals surface area (Å²) in [6.45, 7) is 1.69. The van der Waals surface area contributed by atoms with Crippen LogP contribution < -0.4 is 11.1 Å². The molecule has 130 valence electrons. The molecule has 3 aromatic rings. The number of piperidine rings is 1. The number of amides is 2. The summed E-state index contributed by atoms with van der Waals surface area (Å²) < 4.78 is 5.86. The van der Waals surface area contributed by atoms with Crippen molar-refractivity contribution in [2.75, 3.05) is 18.8 Å². The number of para-hydroxylation sites is 2. The summed E-state index contributed by atoms with van der Waals surface area (Å²) in [4.78, 5) is 18.6. The first-order chi connectivity index (χ1) is 12.2. The van der Waals surface area contributed by atoms with E-state index in [1.165, 1.54) is 11.3 Å². The lowest BCUT2D eigenvalue weighted by atomic mass is 9.97. The van der Waals surface area contributed by atoms with Crippen LogP contribution in [0, 0.1) is 0 Å². The Morgan fingerprint density at radius 2 is 2.12 bits per heavy atom. The lowest BCUT2D eigenvalue weighted by molar-refractivity contribution is 0.177. The van der Waals surface area contributed by atoms with Gasteiger partial charge in [-0.2, -0.15) is 0 Å². The van der Waals surface area contributed by atoms with Crippen LogP contribution in [0.4, 0.5) is 9.93 Å². The molecule has 9 heteroatoms. The van der Waals surface area contributed by atoms with Gasteiger partial charge in [0.25, 0.3) is 0 Å². The topological polar surface area (TPSA) is 110 Å². The van der Waals surface area contributed by atoms with Crippen molar-refractivity contribution in [3.63, 3.8) is 0 Å². The highest BCUT2D eigenvalue weighted by Crippen LogP contribution is 2.29.